The molecule has 1 unspecified atom stereocenters. The predicted octanol–water partition coefficient (Wildman–Crippen LogP) is 4.58. The van der Waals surface area contributed by atoms with Gasteiger partial charge < -0.3 is 10.2 Å². The van der Waals surface area contributed by atoms with Crippen LogP contribution in [0.3, 0.4) is 0 Å². The highest BCUT2D eigenvalue weighted by Crippen LogP contribution is 2.36. The lowest BCUT2D eigenvalue weighted by atomic mass is 9.88. The number of imide groups is 1. The summed E-state index contributed by atoms with van der Waals surface area (Å²) >= 11 is 0. The molecule has 3 amide bonds. The highest BCUT2D eigenvalue weighted by molar-refractivity contribution is 6.22. The number of likely N-dealkylation sites (tertiary alicyclic amines) is 1. The maximum atomic E-state index is 14.7. The Hall–Kier alpha value is -3.76. The minimum Gasteiger partial charge on any atom is -0.345 e. The fraction of sp³-hybridized carbons (Fsp3) is 0.429. The van der Waals surface area contributed by atoms with E-state index in [1.165, 1.54) is 17.9 Å². The van der Waals surface area contributed by atoms with Crippen LogP contribution < -0.4 is 5.32 Å². The molecule has 5 rings (SSSR count). The number of fused-ring (bicyclic) bond motifs is 1. The molecular formula is C28H28F4N4O3. The quantitative estimate of drug-likeness (QED) is 0.435. The number of amides is 3. The van der Waals surface area contributed by atoms with E-state index in [9.17, 15) is 31.9 Å². The number of alkyl halides is 3. The van der Waals surface area contributed by atoms with E-state index in [1.54, 1.807) is 6.08 Å². The molecule has 3 heterocycles. The van der Waals surface area contributed by atoms with Crippen molar-refractivity contribution in [3.63, 3.8) is 0 Å². The van der Waals surface area contributed by atoms with Gasteiger partial charge in [0.2, 0.25) is 11.8 Å². The Morgan fingerprint density at radius 2 is 1.87 bits per heavy atom. The number of rotatable bonds is 5. The summed E-state index contributed by atoms with van der Waals surface area (Å²) in [6, 6.07) is 1.70. The van der Waals surface area contributed by atoms with Crippen LogP contribution in [0.1, 0.15) is 63.1 Å². The van der Waals surface area contributed by atoms with Gasteiger partial charge in [-0.2, -0.15) is 13.2 Å². The van der Waals surface area contributed by atoms with Crippen molar-refractivity contribution in [1.82, 2.24) is 15.1 Å². The molecule has 1 aromatic rings. The first kappa shape index (κ1) is 26.8. The molecule has 1 aromatic carbocycles. The number of carbonyl (C=O) groups is 3. The molecule has 206 valence electrons. The normalized spacial score (nSPS) is 24.2. The van der Waals surface area contributed by atoms with Gasteiger partial charge in [0.05, 0.1) is 23.2 Å². The van der Waals surface area contributed by atoms with E-state index in [1.807, 2.05) is 24.1 Å². The first-order valence-electron chi connectivity index (χ1n) is 12.9. The summed E-state index contributed by atoms with van der Waals surface area (Å²) in [6.07, 6.45) is 2.94. The van der Waals surface area contributed by atoms with Gasteiger partial charge in [-0.3, -0.25) is 24.3 Å². The maximum Gasteiger partial charge on any atom is 0.419 e. The van der Waals surface area contributed by atoms with Crippen LogP contribution in [0.5, 0.6) is 0 Å². The van der Waals surface area contributed by atoms with Crippen molar-refractivity contribution in [3.05, 3.63) is 70.2 Å². The highest BCUT2D eigenvalue weighted by atomic mass is 19.4. The zero-order valence-electron chi connectivity index (χ0n) is 21.5. The van der Waals surface area contributed by atoms with Gasteiger partial charge in [-0.25, -0.2) is 4.39 Å². The third kappa shape index (κ3) is 5.14. The van der Waals surface area contributed by atoms with E-state index < -0.39 is 29.5 Å². The van der Waals surface area contributed by atoms with Crippen LogP contribution in [0.4, 0.5) is 17.6 Å². The number of aliphatic imine (C=N–C) groups is 1. The zero-order valence-corrected chi connectivity index (χ0v) is 21.5. The summed E-state index contributed by atoms with van der Waals surface area (Å²) in [5.41, 5.74) is 0.332. The molecule has 0 aromatic heterocycles. The number of amidine groups is 1. The molecule has 7 nitrogen and oxygen atoms in total. The Kier molecular flexibility index (Phi) is 6.94. The smallest absolute Gasteiger partial charge is 0.345 e. The minimum absolute atomic E-state index is 0.0814. The number of halogens is 4. The molecule has 39 heavy (non-hydrogen) atoms. The number of nitrogens with zero attached hydrogens (tertiary/aromatic N) is 3. The van der Waals surface area contributed by atoms with Gasteiger partial charge in [0, 0.05) is 37.2 Å². The first-order valence-corrected chi connectivity index (χ1v) is 12.9. The third-order valence-corrected chi connectivity index (χ3v) is 7.51. The van der Waals surface area contributed by atoms with Crippen molar-refractivity contribution in [2.24, 2.45) is 4.99 Å². The molecule has 1 aliphatic carbocycles. The number of nitrogens with one attached hydrogen (secondary N) is 1. The second-order valence-corrected chi connectivity index (χ2v) is 10.3. The van der Waals surface area contributed by atoms with Crippen molar-refractivity contribution < 1.29 is 31.9 Å². The molecule has 1 N–H and O–H groups in total. The van der Waals surface area contributed by atoms with E-state index in [4.69, 9.17) is 0 Å². The number of hydrogen-bond donors (Lipinski definition) is 1. The lowest BCUT2D eigenvalue weighted by Gasteiger charge is -2.31. The van der Waals surface area contributed by atoms with Crippen molar-refractivity contribution in [1.29, 1.82) is 0 Å². The van der Waals surface area contributed by atoms with E-state index in [2.05, 4.69) is 10.3 Å². The molecule has 0 spiro atoms. The van der Waals surface area contributed by atoms with Crippen LogP contribution in [0.25, 0.3) is 0 Å². The van der Waals surface area contributed by atoms with Crippen molar-refractivity contribution in [2.75, 3.05) is 6.54 Å². The van der Waals surface area contributed by atoms with Gasteiger partial charge in [-0.05, 0) is 56.4 Å². The second kappa shape index (κ2) is 10.1. The molecular weight excluding hydrogens is 516 g/mol. The molecule has 4 aliphatic rings. The summed E-state index contributed by atoms with van der Waals surface area (Å²) in [4.78, 5) is 45.5. The van der Waals surface area contributed by atoms with Crippen LogP contribution in [0.2, 0.25) is 0 Å². The summed E-state index contributed by atoms with van der Waals surface area (Å²) in [6.45, 7) is 3.88. The van der Waals surface area contributed by atoms with Gasteiger partial charge in [0.25, 0.3) is 5.91 Å². The topological polar surface area (TPSA) is 82.1 Å². The third-order valence-electron chi connectivity index (χ3n) is 7.51. The molecule has 1 fully saturated rings. The second-order valence-electron chi connectivity index (χ2n) is 10.3. The Morgan fingerprint density at radius 1 is 1.15 bits per heavy atom. The SMILES string of the molecule is C[C@@H]1CN2C=C(C3=CCC(N4C(=O)CCC4=O)CC3)C=C(C(=O)N[C@H](C)c3cccc(C(F)(F)F)c3F)C2=N1. The summed E-state index contributed by atoms with van der Waals surface area (Å²) in [5, 5.41) is 2.64. The molecule has 0 bridgehead atoms. The van der Waals surface area contributed by atoms with Gasteiger partial charge in [0.1, 0.15) is 11.7 Å². The Morgan fingerprint density at radius 3 is 2.51 bits per heavy atom. The maximum absolute atomic E-state index is 14.7. The van der Waals surface area contributed by atoms with Crippen LogP contribution >= 0.6 is 0 Å². The molecule has 1 saturated heterocycles. The Balaban J connectivity index is 1.38. The monoisotopic (exact) mass is 544 g/mol. The number of allylic oxidation sites excluding steroid dienone is 3. The van der Waals surface area contributed by atoms with Crippen molar-refractivity contribution >= 4 is 23.6 Å². The van der Waals surface area contributed by atoms with Crippen LogP contribution in [0, 0.1) is 5.82 Å². The minimum atomic E-state index is -4.85. The fourth-order valence-electron chi connectivity index (χ4n) is 5.57. The van der Waals surface area contributed by atoms with Gasteiger partial charge in [-0.15, -0.1) is 0 Å². The van der Waals surface area contributed by atoms with Crippen LogP contribution in [0.15, 0.2) is 58.3 Å². The van der Waals surface area contributed by atoms with E-state index >= 15 is 0 Å². The standard InChI is InChI=1S/C28H28F4N4O3/c1-15-13-35-14-18(17-6-8-19(9-7-17)36-23(37)10-11-24(36)38)12-21(26(35)33-15)27(39)34-16(2)20-4-3-5-22(25(20)29)28(30,31)32/h3-6,12,14-16,19H,7-11,13H2,1-2H3,(H,34,39)/t15-,16-,19?/m1/s1. The molecule has 11 heteroatoms. The van der Waals surface area contributed by atoms with E-state index in [0.29, 0.717) is 37.7 Å². The fourth-order valence-corrected chi connectivity index (χ4v) is 5.57. The van der Waals surface area contributed by atoms with Gasteiger partial charge >= 0.3 is 6.18 Å². The van der Waals surface area contributed by atoms with E-state index in [0.717, 1.165) is 17.2 Å². The van der Waals surface area contributed by atoms with E-state index in [-0.39, 0.29) is 47.9 Å². The van der Waals surface area contributed by atoms with Gasteiger partial charge in [0.15, 0.2) is 0 Å². The molecule has 0 radical (unpaired) electrons. The van der Waals surface area contributed by atoms with Crippen molar-refractivity contribution in [3.8, 4) is 0 Å². The summed E-state index contributed by atoms with van der Waals surface area (Å²) < 4.78 is 54.3. The zero-order chi connectivity index (χ0) is 28.1. The Labute approximate surface area is 222 Å². The number of carbonyl (C=O) groups excluding carboxylic acids is 3. The average Bonchev–Trinajstić information content (AvgIpc) is 3.42. The average molecular weight is 545 g/mol. The predicted molar refractivity (Wildman–Crippen MR) is 135 cm³/mol. The first-order chi connectivity index (χ1) is 18.4. The van der Waals surface area contributed by atoms with Crippen LogP contribution in [-0.4, -0.2) is 52.0 Å². The van der Waals surface area contributed by atoms with Gasteiger partial charge in [-0.1, -0.05) is 18.2 Å². The highest BCUT2D eigenvalue weighted by Gasteiger charge is 2.38. The summed E-state index contributed by atoms with van der Waals surface area (Å²) in [5.74, 6) is -1.83. The van der Waals surface area contributed by atoms with Crippen molar-refractivity contribution in [2.45, 2.75) is 70.3 Å². The number of hydrogen-bond acceptors (Lipinski definition) is 5. The molecule has 3 atom stereocenters. The number of benzene rings is 1. The lowest BCUT2D eigenvalue weighted by molar-refractivity contribution is -0.142. The lowest BCUT2D eigenvalue weighted by Crippen LogP contribution is -2.40. The molecule has 0 saturated carbocycles. The molecule has 3 aliphatic heterocycles. The Bertz CT molecular complexity index is 1340. The largest absolute Gasteiger partial charge is 0.419 e. The van der Waals surface area contributed by atoms with Crippen LogP contribution in [-0.2, 0) is 20.6 Å². The summed E-state index contributed by atoms with van der Waals surface area (Å²) in [7, 11) is 0.